The third-order valence-electron chi connectivity index (χ3n) is 3.38. The maximum atomic E-state index is 11.8. The van der Waals surface area contributed by atoms with Crippen molar-refractivity contribution < 1.29 is 14.6 Å². The van der Waals surface area contributed by atoms with Gasteiger partial charge in [-0.2, -0.15) is 0 Å². The van der Waals surface area contributed by atoms with Crippen LogP contribution in [0.2, 0.25) is 0 Å². The summed E-state index contributed by atoms with van der Waals surface area (Å²) in [5.41, 5.74) is -0.791. The predicted octanol–water partition coefficient (Wildman–Crippen LogP) is 1.83. The lowest BCUT2D eigenvalue weighted by molar-refractivity contribution is -0.123. The molecule has 1 aliphatic heterocycles. The summed E-state index contributed by atoms with van der Waals surface area (Å²) >= 11 is 1.67. The van der Waals surface area contributed by atoms with Gasteiger partial charge >= 0.3 is 0 Å². The number of thioether (sulfide) groups is 1. The third-order valence-corrected chi connectivity index (χ3v) is 4.39. The fourth-order valence-electron chi connectivity index (χ4n) is 2.06. The van der Waals surface area contributed by atoms with E-state index < -0.39 is 5.60 Å². The quantitative estimate of drug-likeness (QED) is 0.786. The summed E-state index contributed by atoms with van der Waals surface area (Å²) in [6, 6.07) is 10.0. The van der Waals surface area contributed by atoms with E-state index in [9.17, 15) is 9.90 Å². The van der Waals surface area contributed by atoms with Crippen molar-refractivity contribution in [2.45, 2.75) is 29.8 Å². The largest absolute Gasteiger partial charge is 0.388 e. The van der Waals surface area contributed by atoms with Crippen LogP contribution in [0, 0.1) is 0 Å². The average Bonchev–Trinajstić information content (AvgIpc) is 2.47. The van der Waals surface area contributed by atoms with Crippen LogP contribution in [0.15, 0.2) is 35.2 Å². The zero-order valence-electron chi connectivity index (χ0n) is 11.5. The van der Waals surface area contributed by atoms with E-state index in [-0.39, 0.29) is 5.91 Å². The number of amides is 1. The SMILES string of the molecule is O=C(CCSc1ccccc1)NCC1(O)CCOCC1. The maximum Gasteiger partial charge on any atom is 0.220 e. The van der Waals surface area contributed by atoms with Crippen molar-refractivity contribution in [1.29, 1.82) is 0 Å². The number of ether oxygens (including phenoxy) is 1. The first-order chi connectivity index (χ1) is 9.68. The van der Waals surface area contributed by atoms with E-state index in [1.807, 2.05) is 30.3 Å². The molecule has 2 N–H and O–H groups in total. The lowest BCUT2D eigenvalue weighted by Gasteiger charge is -2.32. The van der Waals surface area contributed by atoms with E-state index in [0.717, 1.165) is 5.75 Å². The molecule has 110 valence electrons. The molecule has 1 heterocycles. The highest BCUT2D eigenvalue weighted by Gasteiger charge is 2.29. The van der Waals surface area contributed by atoms with E-state index in [2.05, 4.69) is 5.32 Å². The summed E-state index contributed by atoms with van der Waals surface area (Å²) in [6.45, 7) is 1.46. The standard InChI is InChI=1S/C15H21NO3S/c17-14(6-11-20-13-4-2-1-3-5-13)16-12-15(18)7-9-19-10-8-15/h1-5,18H,6-12H2,(H,16,17). The van der Waals surface area contributed by atoms with Gasteiger partial charge in [-0.05, 0) is 12.1 Å². The Morgan fingerprint density at radius 1 is 1.30 bits per heavy atom. The molecule has 20 heavy (non-hydrogen) atoms. The Morgan fingerprint density at radius 2 is 2.00 bits per heavy atom. The average molecular weight is 295 g/mol. The van der Waals surface area contributed by atoms with Crippen LogP contribution in [0.4, 0.5) is 0 Å². The van der Waals surface area contributed by atoms with E-state index >= 15 is 0 Å². The molecule has 1 amide bonds. The maximum absolute atomic E-state index is 11.8. The lowest BCUT2D eigenvalue weighted by Crippen LogP contribution is -2.46. The van der Waals surface area contributed by atoms with E-state index in [1.165, 1.54) is 4.90 Å². The molecule has 0 saturated carbocycles. The van der Waals surface area contributed by atoms with Gasteiger partial charge in [0.25, 0.3) is 0 Å². The van der Waals surface area contributed by atoms with Gasteiger partial charge in [0, 0.05) is 49.7 Å². The Morgan fingerprint density at radius 3 is 2.70 bits per heavy atom. The molecule has 0 aromatic heterocycles. The van der Waals surface area contributed by atoms with Crippen molar-refractivity contribution in [2.24, 2.45) is 0 Å². The Labute approximate surface area is 123 Å². The minimum Gasteiger partial charge on any atom is -0.388 e. The van der Waals surface area contributed by atoms with Crippen LogP contribution in [0.1, 0.15) is 19.3 Å². The lowest BCUT2D eigenvalue weighted by atomic mass is 9.94. The van der Waals surface area contributed by atoms with Crippen LogP contribution in [0.5, 0.6) is 0 Å². The fourth-order valence-corrected chi connectivity index (χ4v) is 2.93. The molecular weight excluding hydrogens is 274 g/mol. The second-order valence-corrected chi connectivity index (χ2v) is 6.19. The Balaban J connectivity index is 1.63. The molecule has 1 saturated heterocycles. The molecule has 0 aliphatic carbocycles. The fraction of sp³-hybridized carbons (Fsp3) is 0.533. The number of carbonyl (C=O) groups is 1. The van der Waals surface area contributed by atoms with Crippen LogP contribution in [-0.2, 0) is 9.53 Å². The molecule has 1 aromatic carbocycles. The number of nitrogens with one attached hydrogen (secondary N) is 1. The van der Waals surface area contributed by atoms with Crippen LogP contribution < -0.4 is 5.32 Å². The van der Waals surface area contributed by atoms with Crippen LogP contribution in [-0.4, -0.2) is 42.1 Å². The molecule has 5 heteroatoms. The van der Waals surface area contributed by atoms with Crippen molar-refractivity contribution in [1.82, 2.24) is 5.32 Å². The minimum absolute atomic E-state index is 0.00616. The minimum atomic E-state index is -0.791. The first-order valence-corrected chi connectivity index (χ1v) is 7.91. The molecule has 0 atom stereocenters. The van der Waals surface area contributed by atoms with E-state index in [1.54, 1.807) is 11.8 Å². The van der Waals surface area contributed by atoms with Gasteiger partial charge in [-0.25, -0.2) is 0 Å². The number of rotatable bonds is 6. The number of hydrogen-bond donors (Lipinski definition) is 2. The zero-order chi connectivity index (χ0) is 14.3. The third kappa shape index (κ3) is 5.15. The topological polar surface area (TPSA) is 58.6 Å². The van der Waals surface area contributed by atoms with Crippen molar-refractivity contribution in [3.05, 3.63) is 30.3 Å². The molecule has 0 radical (unpaired) electrons. The molecule has 1 aliphatic rings. The first-order valence-electron chi connectivity index (χ1n) is 6.93. The first kappa shape index (κ1) is 15.4. The van der Waals surface area contributed by atoms with Crippen LogP contribution >= 0.6 is 11.8 Å². The second kappa shape index (κ2) is 7.67. The molecule has 0 bridgehead atoms. The Hall–Kier alpha value is -1.04. The smallest absolute Gasteiger partial charge is 0.220 e. The molecule has 1 aromatic rings. The van der Waals surface area contributed by atoms with Crippen LogP contribution in [0.25, 0.3) is 0 Å². The van der Waals surface area contributed by atoms with Gasteiger partial charge in [-0.1, -0.05) is 18.2 Å². The van der Waals surface area contributed by atoms with Gasteiger partial charge in [-0.15, -0.1) is 11.8 Å². The van der Waals surface area contributed by atoms with Gasteiger partial charge in [-0.3, -0.25) is 4.79 Å². The Bertz CT molecular complexity index is 418. The molecular formula is C15H21NO3S. The molecule has 0 spiro atoms. The highest BCUT2D eigenvalue weighted by Crippen LogP contribution is 2.20. The summed E-state index contributed by atoms with van der Waals surface area (Å²) in [5.74, 6) is 0.741. The number of aliphatic hydroxyl groups is 1. The monoisotopic (exact) mass is 295 g/mol. The normalized spacial score (nSPS) is 17.6. The van der Waals surface area contributed by atoms with Crippen molar-refractivity contribution in [2.75, 3.05) is 25.5 Å². The van der Waals surface area contributed by atoms with Gasteiger partial charge in [0.15, 0.2) is 0 Å². The molecule has 0 unspecified atom stereocenters. The number of benzene rings is 1. The van der Waals surface area contributed by atoms with Gasteiger partial charge in [0.2, 0.25) is 5.91 Å². The van der Waals surface area contributed by atoms with Crippen molar-refractivity contribution in [3.8, 4) is 0 Å². The molecule has 4 nitrogen and oxygen atoms in total. The highest BCUT2D eigenvalue weighted by atomic mass is 32.2. The van der Waals surface area contributed by atoms with Gasteiger partial charge in [0.05, 0.1) is 5.60 Å². The summed E-state index contributed by atoms with van der Waals surface area (Å²) in [4.78, 5) is 12.9. The van der Waals surface area contributed by atoms with E-state index in [0.29, 0.717) is 39.0 Å². The highest BCUT2D eigenvalue weighted by molar-refractivity contribution is 7.99. The number of carbonyl (C=O) groups excluding carboxylic acids is 1. The predicted molar refractivity (Wildman–Crippen MR) is 79.8 cm³/mol. The summed E-state index contributed by atoms with van der Waals surface area (Å²) in [5, 5.41) is 13.0. The zero-order valence-corrected chi connectivity index (χ0v) is 12.3. The van der Waals surface area contributed by atoms with Crippen molar-refractivity contribution >= 4 is 17.7 Å². The molecule has 1 fully saturated rings. The number of hydrogen-bond acceptors (Lipinski definition) is 4. The molecule has 2 rings (SSSR count). The van der Waals surface area contributed by atoms with E-state index in [4.69, 9.17) is 4.74 Å². The van der Waals surface area contributed by atoms with Crippen LogP contribution in [0.3, 0.4) is 0 Å². The Kier molecular flexibility index (Phi) is 5.88. The summed E-state index contributed by atoms with van der Waals surface area (Å²) < 4.78 is 5.21. The van der Waals surface area contributed by atoms with Gasteiger partial charge in [0.1, 0.15) is 0 Å². The van der Waals surface area contributed by atoms with Crippen molar-refractivity contribution in [3.63, 3.8) is 0 Å². The summed E-state index contributed by atoms with van der Waals surface area (Å²) in [7, 11) is 0. The summed E-state index contributed by atoms with van der Waals surface area (Å²) in [6.07, 6.45) is 1.64. The second-order valence-electron chi connectivity index (χ2n) is 5.02. The van der Waals surface area contributed by atoms with Gasteiger partial charge < -0.3 is 15.2 Å².